The fraction of sp³-hybridized carbons (Fsp3) is 0.0909. The molecule has 0 unspecified atom stereocenters. The highest BCUT2D eigenvalue weighted by atomic mass is 79.9. The molecule has 0 spiro atoms. The lowest BCUT2D eigenvalue weighted by molar-refractivity contribution is 0.0702. The van der Waals surface area contributed by atoms with Gasteiger partial charge >= 0.3 is 5.97 Å². The molecule has 0 saturated heterocycles. The third-order valence-corrected chi connectivity index (χ3v) is 5.90. The Balaban J connectivity index is 2.35. The van der Waals surface area contributed by atoms with Crippen LogP contribution >= 0.6 is 27.3 Å². The van der Waals surface area contributed by atoms with Crippen molar-refractivity contribution in [3.8, 4) is 0 Å². The molecule has 9 heteroatoms. The fourth-order valence-corrected chi connectivity index (χ4v) is 4.77. The smallest absolute Gasteiger partial charge is 0.345 e. The molecule has 0 aliphatic heterocycles. The predicted molar refractivity (Wildman–Crippen MR) is 78.8 cm³/mol. The van der Waals surface area contributed by atoms with Crippen LogP contribution in [0.1, 0.15) is 15.2 Å². The number of hydrogen-bond donors (Lipinski definition) is 2. The van der Waals surface area contributed by atoms with Crippen molar-refractivity contribution in [1.29, 1.82) is 0 Å². The number of aromatic nitrogens is 1. The third kappa shape index (κ3) is 3.17. The molecule has 0 atom stereocenters. The molecule has 2 heterocycles. The summed E-state index contributed by atoms with van der Waals surface area (Å²) in [5.74, 6) is -1.00. The SMILES string of the molecule is Cc1ccc(NS(=O)(=O)c2cc(C(=O)O)sc2Br)nc1. The van der Waals surface area contributed by atoms with Crippen molar-refractivity contribution >= 4 is 49.1 Å². The van der Waals surface area contributed by atoms with Gasteiger partial charge in [-0.3, -0.25) is 4.72 Å². The highest BCUT2D eigenvalue weighted by Crippen LogP contribution is 2.32. The van der Waals surface area contributed by atoms with E-state index in [1.165, 1.54) is 12.3 Å². The van der Waals surface area contributed by atoms with Gasteiger partial charge < -0.3 is 5.11 Å². The lowest BCUT2D eigenvalue weighted by atomic mass is 10.3. The summed E-state index contributed by atoms with van der Waals surface area (Å²) in [4.78, 5) is 14.6. The van der Waals surface area contributed by atoms with Crippen LogP contribution in [0, 0.1) is 6.92 Å². The van der Waals surface area contributed by atoms with Crippen LogP contribution in [0.2, 0.25) is 0 Å². The summed E-state index contributed by atoms with van der Waals surface area (Å²) in [6.07, 6.45) is 1.53. The molecule has 0 radical (unpaired) electrons. The predicted octanol–water partition coefficient (Wildman–Crippen LogP) is 2.71. The van der Waals surface area contributed by atoms with Crippen LogP contribution in [-0.2, 0) is 10.0 Å². The Morgan fingerprint density at radius 2 is 2.15 bits per heavy atom. The van der Waals surface area contributed by atoms with Gasteiger partial charge in [0.15, 0.2) is 0 Å². The van der Waals surface area contributed by atoms with Crippen LogP contribution in [0.15, 0.2) is 33.1 Å². The molecule has 0 bridgehead atoms. The quantitative estimate of drug-likeness (QED) is 0.854. The number of sulfonamides is 1. The molecule has 106 valence electrons. The van der Waals surface area contributed by atoms with Gasteiger partial charge in [-0.25, -0.2) is 18.2 Å². The van der Waals surface area contributed by atoms with Crippen molar-refractivity contribution in [2.45, 2.75) is 11.8 Å². The van der Waals surface area contributed by atoms with E-state index < -0.39 is 16.0 Å². The van der Waals surface area contributed by atoms with Gasteiger partial charge in [-0.15, -0.1) is 11.3 Å². The molecule has 20 heavy (non-hydrogen) atoms. The second-order valence-corrected chi connectivity index (χ2v) is 7.90. The summed E-state index contributed by atoms with van der Waals surface area (Å²) in [7, 11) is -3.88. The number of halogens is 1. The van der Waals surface area contributed by atoms with E-state index in [1.54, 1.807) is 6.07 Å². The van der Waals surface area contributed by atoms with E-state index in [2.05, 4.69) is 25.6 Å². The molecule has 0 amide bonds. The van der Waals surface area contributed by atoms with Crippen molar-refractivity contribution in [2.24, 2.45) is 0 Å². The molecule has 2 aromatic heterocycles. The highest BCUT2D eigenvalue weighted by molar-refractivity contribution is 9.11. The first kappa shape index (κ1) is 14.9. The van der Waals surface area contributed by atoms with Gasteiger partial charge in [0.2, 0.25) is 0 Å². The second kappa shape index (κ2) is 5.51. The number of aryl methyl sites for hydroxylation is 1. The van der Waals surface area contributed by atoms with Crippen molar-refractivity contribution in [2.75, 3.05) is 4.72 Å². The van der Waals surface area contributed by atoms with Gasteiger partial charge in [0.25, 0.3) is 10.0 Å². The number of anilines is 1. The monoisotopic (exact) mass is 376 g/mol. The molecule has 0 saturated carbocycles. The molecule has 0 fully saturated rings. The minimum atomic E-state index is -3.88. The molecule has 2 aromatic rings. The Morgan fingerprint density at radius 3 is 2.65 bits per heavy atom. The van der Waals surface area contributed by atoms with Gasteiger partial charge in [0.1, 0.15) is 15.6 Å². The first-order valence-corrected chi connectivity index (χ1v) is 8.37. The summed E-state index contributed by atoms with van der Waals surface area (Å²) in [5.41, 5.74) is 0.901. The summed E-state index contributed by atoms with van der Waals surface area (Å²) < 4.78 is 26.9. The van der Waals surface area contributed by atoms with Crippen LogP contribution < -0.4 is 4.72 Å². The normalized spacial score (nSPS) is 11.3. The summed E-state index contributed by atoms with van der Waals surface area (Å²) >= 11 is 3.90. The largest absolute Gasteiger partial charge is 0.477 e. The Labute approximate surface area is 127 Å². The Hall–Kier alpha value is -1.45. The van der Waals surface area contributed by atoms with Crippen LogP contribution in [-0.4, -0.2) is 24.5 Å². The van der Waals surface area contributed by atoms with E-state index in [0.717, 1.165) is 23.0 Å². The summed E-state index contributed by atoms with van der Waals surface area (Å²) in [6, 6.07) is 4.36. The minimum Gasteiger partial charge on any atom is -0.477 e. The van der Waals surface area contributed by atoms with E-state index in [4.69, 9.17) is 5.11 Å². The van der Waals surface area contributed by atoms with Crippen LogP contribution in [0.5, 0.6) is 0 Å². The number of carboxylic acid groups (broad SMARTS) is 1. The Bertz CT molecular complexity index is 753. The lowest BCUT2D eigenvalue weighted by Gasteiger charge is -2.06. The molecule has 6 nitrogen and oxygen atoms in total. The fourth-order valence-electron chi connectivity index (χ4n) is 1.36. The van der Waals surface area contributed by atoms with Crippen molar-refractivity contribution < 1.29 is 18.3 Å². The van der Waals surface area contributed by atoms with Crippen molar-refractivity contribution in [3.05, 3.63) is 38.6 Å². The molecule has 0 aliphatic carbocycles. The topological polar surface area (TPSA) is 96.4 Å². The standard InChI is InChI=1S/C11H9BrN2O4S2/c1-6-2-3-9(13-5-6)14-20(17,18)8-4-7(11(15)16)19-10(8)12/h2-5H,1H3,(H,13,14)(H,15,16). The van der Waals surface area contributed by atoms with Crippen molar-refractivity contribution in [3.63, 3.8) is 0 Å². The lowest BCUT2D eigenvalue weighted by Crippen LogP contribution is -2.13. The molecule has 2 N–H and O–H groups in total. The number of nitrogens with one attached hydrogen (secondary N) is 1. The van der Waals surface area contributed by atoms with Crippen LogP contribution in [0.4, 0.5) is 5.82 Å². The van der Waals surface area contributed by atoms with E-state index in [-0.39, 0.29) is 19.4 Å². The zero-order valence-electron chi connectivity index (χ0n) is 10.1. The van der Waals surface area contributed by atoms with Crippen LogP contribution in [0.25, 0.3) is 0 Å². The molecule has 0 aliphatic rings. The number of carboxylic acids is 1. The Morgan fingerprint density at radius 1 is 1.45 bits per heavy atom. The van der Waals surface area contributed by atoms with Gasteiger partial charge in [-0.2, -0.15) is 0 Å². The first-order chi connectivity index (χ1) is 9.29. The van der Waals surface area contributed by atoms with Gasteiger partial charge in [-0.1, -0.05) is 6.07 Å². The molecular formula is C11H9BrN2O4S2. The average molecular weight is 377 g/mol. The van der Waals surface area contributed by atoms with E-state index in [1.807, 2.05) is 6.92 Å². The van der Waals surface area contributed by atoms with E-state index in [9.17, 15) is 13.2 Å². The first-order valence-electron chi connectivity index (χ1n) is 5.28. The second-order valence-electron chi connectivity index (χ2n) is 3.88. The maximum absolute atomic E-state index is 12.2. The molecular weight excluding hydrogens is 368 g/mol. The minimum absolute atomic E-state index is 0.0610. The highest BCUT2D eigenvalue weighted by Gasteiger charge is 2.23. The van der Waals surface area contributed by atoms with Gasteiger partial charge in [0, 0.05) is 6.20 Å². The number of aromatic carboxylic acids is 1. The van der Waals surface area contributed by atoms with Gasteiger partial charge in [-0.05, 0) is 40.5 Å². The molecule has 0 aromatic carbocycles. The Kier molecular flexibility index (Phi) is 4.11. The maximum Gasteiger partial charge on any atom is 0.345 e. The van der Waals surface area contributed by atoms with Crippen LogP contribution in [0.3, 0.4) is 0 Å². The number of thiophene rings is 1. The maximum atomic E-state index is 12.2. The van der Waals surface area contributed by atoms with E-state index in [0.29, 0.717) is 0 Å². The number of nitrogens with zero attached hydrogens (tertiary/aromatic N) is 1. The number of rotatable bonds is 4. The third-order valence-electron chi connectivity index (χ3n) is 2.31. The zero-order chi connectivity index (χ0) is 14.9. The zero-order valence-corrected chi connectivity index (χ0v) is 13.3. The average Bonchev–Trinajstić information content (AvgIpc) is 2.75. The number of pyridine rings is 1. The van der Waals surface area contributed by atoms with Crippen molar-refractivity contribution in [1.82, 2.24) is 4.98 Å². The van der Waals surface area contributed by atoms with E-state index >= 15 is 0 Å². The number of hydrogen-bond acceptors (Lipinski definition) is 5. The summed E-state index contributed by atoms with van der Waals surface area (Å²) in [6.45, 7) is 1.83. The summed E-state index contributed by atoms with van der Waals surface area (Å²) in [5, 5.41) is 8.87. The number of carbonyl (C=O) groups is 1. The van der Waals surface area contributed by atoms with Gasteiger partial charge in [0.05, 0.1) is 3.79 Å². The molecule has 2 rings (SSSR count).